The number of hydrogen-bond acceptors (Lipinski definition) is 5. The molecule has 0 aromatic carbocycles. The van der Waals surface area contributed by atoms with Crippen molar-refractivity contribution >= 4 is 11.4 Å². The Kier molecular flexibility index (Phi) is 5.96. The van der Waals surface area contributed by atoms with E-state index in [2.05, 4.69) is 23.7 Å². The van der Waals surface area contributed by atoms with Crippen molar-refractivity contribution < 1.29 is 17.9 Å². The van der Waals surface area contributed by atoms with E-state index in [4.69, 9.17) is 15.6 Å². The molecule has 3 heterocycles. The van der Waals surface area contributed by atoms with Gasteiger partial charge in [0.15, 0.2) is 0 Å². The van der Waals surface area contributed by atoms with Gasteiger partial charge in [0.25, 0.3) is 0 Å². The van der Waals surface area contributed by atoms with Crippen LogP contribution in [0.4, 0.5) is 19.0 Å². The first kappa shape index (κ1) is 23.4. The number of pyridine rings is 1. The van der Waals surface area contributed by atoms with Gasteiger partial charge >= 0.3 is 6.18 Å². The number of nitrogens with two attached hydrogens (primary N) is 1. The summed E-state index contributed by atoms with van der Waals surface area (Å²) in [6.45, 7) is 6.30. The number of piperidine rings is 1. The maximum atomic E-state index is 13.4. The van der Waals surface area contributed by atoms with E-state index in [-0.39, 0.29) is 6.04 Å². The fourth-order valence-corrected chi connectivity index (χ4v) is 5.64. The van der Waals surface area contributed by atoms with Crippen LogP contribution in [0.25, 0.3) is 16.8 Å². The molecule has 0 spiro atoms. The third-order valence-electron chi connectivity index (χ3n) is 7.79. The maximum absolute atomic E-state index is 13.4. The van der Waals surface area contributed by atoms with Crippen molar-refractivity contribution in [3.05, 3.63) is 35.2 Å². The number of fused-ring (bicyclic) bond motifs is 1. The predicted octanol–water partition coefficient (Wildman–Crippen LogP) is 5.17. The number of hydrogen-bond donors (Lipinski definition) is 1. The zero-order valence-electron chi connectivity index (χ0n) is 19.9. The van der Waals surface area contributed by atoms with Gasteiger partial charge in [-0.2, -0.15) is 18.3 Å². The van der Waals surface area contributed by atoms with E-state index in [1.165, 1.54) is 23.8 Å². The van der Waals surface area contributed by atoms with E-state index in [0.717, 1.165) is 50.5 Å². The Morgan fingerprint density at radius 2 is 2.09 bits per heavy atom. The Labute approximate surface area is 198 Å². The van der Waals surface area contributed by atoms with E-state index >= 15 is 0 Å². The first-order chi connectivity index (χ1) is 16.2. The second kappa shape index (κ2) is 8.68. The fourth-order valence-electron chi connectivity index (χ4n) is 5.64. The van der Waals surface area contributed by atoms with Crippen LogP contribution < -0.4 is 5.73 Å². The number of rotatable bonds is 6. The number of alkyl halides is 3. The van der Waals surface area contributed by atoms with Crippen LogP contribution >= 0.6 is 0 Å². The second-order valence-corrected chi connectivity index (χ2v) is 9.85. The number of nitrogen functional groups attached to an aromatic ring is 1. The number of ether oxygens (including phenoxy) is 1. The molecular weight excluding hydrogens is 443 g/mol. The Hall–Kier alpha value is -2.39. The summed E-state index contributed by atoms with van der Waals surface area (Å²) in [4.78, 5) is 6.37. The van der Waals surface area contributed by atoms with E-state index in [1.54, 1.807) is 7.11 Å². The average molecular weight is 476 g/mol. The standard InChI is InChI=1S/C25H32F3N5O/c1-4-14(2)33-22(11-21(31-33)15-8-20(25(26,27)28)24(29)30-12-15)23-18-9-16(10-19(18)23)32-7-5-6-17(13-32)34-3/h8,11-12,14,16-18H,4-7,9-10,13H2,1-3H3,(H2,29,30). The van der Waals surface area contributed by atoms with Gasteiger partial charge in [-0.05, 0) is 63.3 Å². The van der Waals surface area contributed by atoms with Gasteiger partial charge in [0.2, 0.25) is 0 Å². The lowest BCUT2D eigenvalue weighted by Gasteiger charge is -2.36. The minimum Gasteiger partial charge on any atom is -0.383 e. The molecule has 1 saturated heterocycles. The van der Waals surface area contributed by atoms with E-state index < -0.39 is 17.6 Å². The summed E-state index contributed by atoms with van der Waals surface area (Å²) >= 11 is 0. The zero-order valence-corrected chi connectivity index (χ0v) is 19.9. The number of anilines is 1. The molecular formula is C25H32F3N5O. The minimum absolute atomic E-state index is 0.141. The molecule has 0 radical (unpaired) electrons. The number of methoxy groups -OCH3 is 1. The molecule has 4 atom stereocenters. The highest BCUT2D eigenvalue weighted by Crippen LogP contribution is 2.58. The summed E-state index contributed by atoms with van der Waals surface area (Å²) in [7, 11) is 1.79. The van der Waals surface area contributed by atoms with E-state index in [9.17, 15) is 13.2 Å². The number of nitrogens with zero attached hydrogens (tertiary/aromatic N) is 4. The van der Waals surface area contributed by atoms with Gasteiger partial charge in [-0.1, -0.05) is 12.5 Å². The van der Waals surface area contributed by atoms with Gasteiger partial charge in [0, 0.05) is 43.4 Å². The van der Waals surface area contributed by atoms with Crippen LogP contribution in [-0.4, -0.2) is 52.0 Å². The Morgan fingerprint density at radius 1 is 1.29 bits per heavy atom. The molecule has 1 aliphatic heterocycles. The normalized spacial score (nSPS) is 26.1. The molecule has 2 fully saturated rings. The average Bonchev–Trinajstić information content (AvgIpc) is 3.16. The molecule has 2 N–H and O–H groups in total. The van der Waals surface area contributed by atoms with Gasteiger partial charge in [-0.15, -0.1) is 0 Å². The summed E-state index contributed by atoms with van der Waals surface area (Å²) in [5.41, 5.74) is 9.24. The lowest BCUT2D eigenvalue weighted by atomic mass is 10.0. The molecule has 5 rings (SSSR count). The van der Waals surface area contributed by atoms with Crippen molar-refractivity contribution in [1.29, 1.82) is 0 Å². The van der Waals surface area contributed by atoms with Crippen LogP contribution in [0.2, 0.25) is 0 Å². The molecule has 1 saturated carbocycles. The molecule has 0 amide bonds. The van der Waals surface area contributed by atoms with Gasteiger partial charge < -0.3 is 10.5 Å². The van der Waals surface area contributed by atoms with Crippen LogP contribution in [0.15, 0.2) is 23.9 Å². The predicted molar refractivity (Wildman–Crippen MR) is 125 cm³/mol. The molecule has 0 bridgehead atoms. The topological polar surface area (TPSA) is 69.2 Å². The van der Waals surface area contributed by atoms with Crippen LogP contribution in [0.3, 0.4) is 0 Å². The minimum atomic E-state index is -4.56. The summed E-state index contributed by atoms with van der Waals surface area (Å²) in [5.74, 6) is -0.0606. The van der Waals surface area contributed by atoms with Crippen molar-refractivity contribution in [3.63, 3.8) is 0 Å². The smallest absolute Gasteiger partial charge is 0.383 e. The molecule has 184 valence electrons. The van der Waals surface area contributed by atoms with Gasteiger partial charge in [-0.3, -0.25) is 9.58 Å². The third kappa shape index (κ3) is 4.13. The molecule has 2 aliphatic carbocycles. The van der Waals surface area contributed by atoms with Crippen LogP contribution in [0.1, 0.15) is 63.3 Å². The molecule has 4 unspecified atom stereocenters. The van der Waals surface area contributed by atoms with Gasteiger partial charge in [0.05, 0.1) is 23.1 Å². The molecule has 34 heavy (non-hydrogen) atoms. The first-order valence-corrected chi connectivity index (χ1v) is 12.1. The number of likely N-dealkylation sites (tertiary alicyclic amines) is 1. The largest absolute Gasteiger partial charge is 0.419 e. The Balaban J connectivity index is 1.42. The highest BCUT2D eigenvalue weighted by molar-refractivity contribution is 5.87. The highest BCUT2D eigenvalue weighted by atomic mass is 19.4. The molecule has 3 aliphatic rings. The van der Waals surface area contributed by atoms with Crippen LogP contribution in [0.5, 0.6) is 0 Å². The summed E-state index contributed by atoms with van der Waals surface area (Å²) in [6, 6.07) is 3.68. The fraction of sp³-hybridized carbons (Fsp3) is 0.600. The highest BCUT2D eigenvalue weighted by Gasteiger charge is 2.48. The van der Waals surface area contributed by atoms with Crippen molar-refractivity contribution in [3.8, 4) is 11.3 Å². The molecule has 2 aromatic rings. The lowest BCUT2D eigenvalue weighted by molar-refractivity contribution is -0.137. The summed E-state index contributed by atoms with van der Waals surface area (Å²) < 4.78 is 47.7. The molecule has 2 aromatic heterocycles. The third-order valence-corrected chi connectivity index (χ3v) is 7.79. The lowest BCUT2D eigenvalue weighted by Crippen LogP contribution is -2.44. The SMILES string of the molecule is CCC(C)n1nc(-c2cnc(N)c(C(F)(F)F)c2)cc1C1=C2CC(N3CCCC(OC)C3)CC21. The van der Waals surface area contributed by atoms with Crippen molar-refractivity contribution in [2.75, 3.05) is 25.9 Å². The number of halogens is 3. The number of aromatic nitrogens is 3. The first-order valence-electron chi connectivity index (χ1n) is 12.1. The van der Waals surface area contributed by atoms with Crippen LogP contribution in [-0.2, 0) is 10.9 Å². The molecule has 6 nitrogen and oxygen atoms in total. The van der Waals surface area contributed by atoms with Crippen LogP contribution in [0, 0.1) is 5.92 Å². The Bertz CT molecular complexity index is 1110. The Morgan fingerprint density at radius 3 is 2.74 bits per heavy atom. The van der Waals surface area contributed by atoms with Crippen molar-refractivity contribution in [1.82, 2.24) is 19.7 Å². The maximum Gasteiger partial charge on any atom is 0.419 e. The monoisotopic (exact) mass is 475 g/mol. The molecule has 9 heteroatoms. The summed E-state index contributed by atoms with van der Waals surface area (Å²) in [5, 5.41) is 4.73. The van der Waals surface area contributed by atoms with Gasteiger partial charge in [0.1, 0.15) is 5.82 Å². The quantitative estimate of drug-likeness (QED) is 0.624. The second-order valence-electron chi connectivity index (χ2n) is 9.85. The van der Waals surface area contributed by atoms with E-state index in [0.29, 0.717) is 29.3 Å². The zero-order chi connectivity index (χ0) is 24.2. The van der Waals surface area contributed by atoms with E-state index in [1.807, 2.05) is 10.7 Å². The van der Waals surface area contributed by atoms with Crippen molar-refractivity contribution in [2.45, 2.75) is 70.3 Å². The number of allylic oxidation sites excluding steroid dienone is 1. The van der Waals surface area contributed by atoms with Gasteiger partial charge in [-0.25, -0.2) is 4.98 Å². The summed E-state index contributed by atoms with van der Waals surface area (Å²) in [6.07, 6.45) is 2.48. The van der Waals surface area contributed by atoms with Crippen molar-refractivity contribution in [2.24, 2.45) is 5.92 Å².